The number of morpholine rings is 1. The number of ether oxygens (including phenoxy) is 1. The van der Waals surface area contributed by atoms with Gasteiger partial charge in [0.05, 0.1) is 13.2 Å². The molecule has 0 spiro atoms. The van der Waals surface area contributed by atoms with Gasteiger partial charge in [-0.3, -0.25) is 0 Å². The molecule has 0 saturated carbocycles. The van der Waals surface area contributed by atoms with Gasteiger partial charge in [-0.1, -0.05) is 12.2 Å². The lowest BCUT2D eigenvalue weighted by molar-refractivity contribution is 0.0989. The van der Waals surface area contributed by atoms with Crippen LogP contribution in [0.15, 0.2) is 18.2 Å². The van der Waals surface area contributed by atoms with Crippen LogP contribution in [0.1, 0.15) is 12.5 Å². The van der Waals surface area contributed by atoms with E-state index in [1.165, 1.54) is 6.07 Å². The van der Waals surface area contributed by atoms with Gasteiger partial charge in [0.15, 0.2) is 0 Å². The predicted molar refractivity (Wildman–Crippen MR) is 69.9 cm³/mol. The molecule has 1 aliphatic heterocycles. The van der Waals surface area contributed by atoms with E-state index in [-0.39, 0.29) is 16.8 Å². The Bertz CT molecular complexity index is 439. The molecule has 2 N–H and O–H groups in total. The molecule has 1 atom stereocenters. The number of rotatable bonds is 2. The van der Waals surface area contributed by atoms with Gasteiger partial charge in [-0.25, -0.2) is 4.39 Å². The van der Waals surface area contributed by atoms with Gasteiger partial charge in [0.1, 0.15) is 10.8 Å². The minimum Gasteiger partial charge on any atom is -0.389 e. The van der Waals surface area contributed by atoms with Crippen molar-refractivity contribution in [3.63, 3.8) is 0 Å². The second-order valence-electron chi connectivity index (χ2n) is 4.15. The summed E-state index contributed by atoms with van der Waals surface area (Å²) in [5, 5.41) is 0. The summed E-state index contributed by atoms with van der Waals surface area (Å²) in [6.45, 7) is 4.16. The van der Waals surface area contributed by atoms with Gasteiger partial charge in [-0.05, 0) is 25.1 Å². The summed E-state index contributed by atoms with van der Waals surface area (Å²) in [5.74, 6) is -0.367. The molecule has 0 aliphatic carbocycles. The van der Waals surface area contributed by atoms with E-state index in [0.29, 0.717) is 18.8 Å². The molecule has 1 heterocycles. The van der Waals surface area contributed by atoms with Gasteiger partial charge in [-0.2, -0.15) is 0 Å². The van der Waals surface area contributed by atoms with E-state index in [9.17, 15) is 4.39 Å². The standard InChI is InChI=1S/C12H15FN2OS/c1-8-7-16-5-4-15(8)9-2-3-10(12(14)17)11(13)6-9/h2-3,6,8H,4-5,7H2,1H3,(H2,14,17). The molecule has 0 bridgehead atoms. The number of benzene rings is 1. The highest BCUT2D eigenvalue weighted by Crippen LogP contribution is 2.22. The van der Waals surface area contributed by atoms with Gasteiger partial charge >= 0.3 is 0 Å². The monoisotopic (exact) mass is 254 g/mol. The Balaban J connectivity index is 2.27. The summed E-state index contributed by atoms with van der Waals surface area (Å²) in [7, 11) is 0. The summed E-state index contributed by atoms with van der Waals surface area (Å²) in [4.78, 5) is 2.21. The van der Waals surface area contributed by atoms with Crippen molar-refractivity contribution in [2.75, 3.05) is 24.7 Å². The van der Waals surface area contributed by atoms with Crippen LogP contribution in [0, 0.1) is 5.82 Å². The molecule has 17 heavy (non-hydrogen) atoms. The third-order valence-corrected chi connectivity index (χ3v) is 3.14. The van der Waals surface area contributed by atoms with E-state index >= 15 is 0 Å². The van der Waals surface area contributed by atoms with Crippen molar-refractivity contribution in [2.24, 2.45) is 5.73 Å². The Morgan fingerprint density at radius 3 is 2.94 bits per heavy atom. The third kappa shape index (κ3) is 2.56. The van der Waals surface area contributed by atoms with Crippen molar-refractivity contribution in [2.45, 2.75) is 13.0 Å². The van der Waals surface area contributed by atoms with Crippen molar-refractivity contribution in [3.8, 4) is 0 Å². The van der Waals surface area contributed by atoms with Gasteiger partial charge in [-0.15, -0.1) is 0 Å². The zero-order valence-corrected chi connectivity index (χ0v) is 10.5. The number of thiocarbonyl (C=S) groups is 1. The Labute approximate surface area is 105 Å². The van der Waals surface area contributed by atoms with E-state index in [2.05, 4.69) is 11.8 Å². The topological polar surface area (TPSA) is 38.5 Å². The van der Waals surface area contributed by atoms with E-state index in [4.69, 9.17) is 22.7 Å². The lowest BCUT2D eigenvalue weighted by Gasteiger charge is -2.35. The van der Waals surface area contributed by atoms with Crippen LogP contribution in [0.2, 0.25) is 0 Å². The lowest BCUT2D eigenvalue weighted by Crippen LogP contribution is -2.43. The summed E-state index contributed by atoms with van der Waals surface area (Å²) < 4.78 is 19.1. The quantitative estimate of drug-likeness (QED) is 0.815. The largest absolute Gasteiger partial charge is 0.389 e. The molecule has 1 fully saturated rings. The van der Waals surface area contributed by atoms with Crippen LogP contribution < -0.4 is 10.6 Å². The fraction of sp³-hybridized carbons (Fsp3) is 0.417. The van der Waals surface area contributed by atoms with E-state index in [0.717, 1.165) is 12.2 Å². The maximum atomic E-state index is 13.8. The third-order valence-electron chi connectivity index (χ3n) is 2.92. The molecular formula is C12H15FN2OS. The van der Waals surface area contributed by atoms with Gasteiger partial charge in [0.25, 0.3) is 0 Å². The van der Waals surface area contributed by atoms with Crippen LogP contribution in [-0.4, -0.2) is 30.8 Å². The summed E-state index contributed by atoms with van der Waals surface area (Å²) >= 11 is 4.78. The first-order chi connectivity index (χ1) is 8.09. The fourth-order valence-corrected chi connectivity index (χ4v) is 2.16. The molecular weight excluding hydrogens is 239 g/mol. The van der Waals surface area contributed by atoms with Gasteiger partial charge < -0.3 is 15.4 Å². The lowest BCUT2D eigenvalue weighted by atomic mass is 10.1. The van der Waals surface area contributed by atoms with Gasteiger partial charge in [0, 0.05) is 23.8 Å². The van der Waals surface area contributed by atoms with Crippen LogP contribution >= 0.6 is 12.2 Å². The minimum absolute atomic E-state index is 0.0871. The van der Waals surface area contributed by atoms with Crippen molar-refractivity contribution in [1.29, 1.82) is 0 Å². The first kappa shape index (κ1) is 12.3. The number of anilines is 1. The zero-order valence-electron chi connectivity index (χ0n) is 9.65. The Hall–Kier alpha value is -1.20. The van der Waals surface area contributed by atoms with Crippen LogP contribution in [0.25, 0.3) is 0 Å². The molecule has 1 unspecified atom stereocenters. The first-order valence-corrected chi connectivity index (χ1v) is 5.94. The number of nitrogens with two attached hydrogens (primary N) is 1. The first-order valence-electron chi connectivity index (χ1n) is 5.53. The fourth-order valence-electron chi connectivity index (χ4n) is 1.99. The maximum Gasteiger partial charge on any atom is 0.135 e. The van der Waals surface area contributed by atoms with Crippen LogP contribution in [-0.2, 0) is 4.74 Å². The zero-order chi connectivity index (χ0) is 12.4. The molecule has 1 saturated heterocycles. The van der Waals surface area contributed by atoms with Crippen molar-refractivity contribution in [1.82, 2.24) is 0 Å². The van der Waals surface area contributed by atoms with Crippen molar-refractivity contribution < 1.29 is 9.13 Å². The van der Waals surface area contributed by atoms with Crippen LogP contribution in [0.3, 0.4) is 0 Å². The van der Waals surface area contributed by atoms with Crippen LogP contribution in [0.5, 0.6) is 0 Å². The van der Waals surface area contributed by atoms with Gasteiger partial charge in [0.2, 0.25) is 0 Å². The van der Waals surface area contributed by atoms with Crippen molar-refractivity contribution in [3.05, 3.63) is 29.6 Å². The summed E-state index contributed by atoms with van der Waals surface area (Å²) in [5.41, 5.74) is 6.57. The number of halogens is 1. The van der Waals surface area contributed by atoms with E-state index < -0.39 is 0 Å². The Morgan fingerprint density at radius 1 is 1.59 bits per heavy atom. The Morgan fingerprint density at radius 2 is 2.35 bits per heavy atom. The molecule has 5 heteroatoms. The average Bonchev–Trinajstić information content (AvgIpc) is 2.29. The van der Waals surface area contributed by atoms with Crippen molar-refractivity contribution >= 4 is 22.9 Å². The van der Waals surface area contributed by atoms with Crippen LogP contribution in [0.4, 0.5) is 10.1 Å². The normalized spacial score (nSPS) is 20.4. The highest BCUT2D eigenvalue weighted by molar-refractivity contribution is 7.80. The summed E-state index contributed by atoms with van der Waals surface area (Å²) in [6.07, 6.45) is 0. The molecule has 1 aromatic rings. The van der Waals surface area contributed by atoms with E-state index in [1.807, 2.05) is 6.07 Å². The minimum atomic E-state index is -0.367. The molecule has 92 valence electrons. The second kappa shape index (κ2) is 4.98. The molecule has 1 aromatic carbocycles. The molecule has 0 amide bonds. The number of hydrogen-bond donors (Lipinski definition) is 1. The smallest absolute Gasteiger partial charge is 0.135 e. The molecule has 2 rings (SSSR count). The maximum absolute atomic E-state index is 13.8. The SMILES string of the molecule is CC1COCCN1c1ccc(C(N)=S)c(F)c1. The Kier molecular flexibility index (Phi) is 3.59. The molecule has 0 aromatic heterocycles. The molecule has 1 aliphatic rings. The second-order valence-corrected chi connectivity index (χ2v) is 4.59. The predicted octanol–water partition coefficient (Wildman–Crippen LogP) is 1.69. The summed E-state index contributed by atoms with van der Waals surface area (Å²) in [6, 6.07) is 5.21. The highest BCUT2D eigenvalue weighted by Gasteiger charge is 2.20. The number of hydrogen-bond acceptors (Lipinski definition) is 3. The number of nitrogens with zero attached hydrogens (tertiary/aromatic N) is 1. The highest BCUT2D eigenvalue weighted by atomic mass is 32.1. The molecule has 3 nitrogen and oxygen atoms in total. The molecule has 0 radical (unpaired) electrons. The van der Waals surface area contributed by atoms with E-state index in [1.54, 1.807) is 6.07 Å². The average molecular weight is 254 g/mol.